The van der Waals surface area contributed by atoms with Crippen LogP contribution in [0.15, 0.2) is 48.5 Å². The number of amides is 3. The Morgan fingerprint density at radius 1 is 0.926 bits per heavy atom. The van der Waals surface area contributed by atoms with Gasteiger partial charge in [-0.1, -0.05) is 23.7 Å². The number of likely N-dealkylation sites (N-methyl/N-ethyl adjacent to an activating group) is 2. The molecule has 0 aromatic heterocycles. The van der Waals surface area contributed by atoms with Gasteiger partial charge in [0.2, 0.25) is 11.8 Å². The summed E-state index contributed by atoms with van der Waals surface area (Å²) < 4.78 is 0. The molecular formula is C19H21ClN4O3. The average Bonchev–Trinajstić information content (AvgIpc) is 2.63. The fourth-order valence-corrected chi connectivity index (χ4v) is 2.46. The van der Waals surface area contributed by atoms with E-state index in [2.05, 4.69) is 16.0 Å². The van der Waals surface area contributed by atoms with E-state index in [9.17, 15) is 14.4 Å². The number of rotatable bonds is 7. The second kappa shape index (κ2) is 9.70. The highest BCUT2D eigenvalue weighted by Crippen LogP contribution is 2.19. The van der Waals surface area contributed by atoms with Gasteiger partial charge < -0.3 is 16.0 Å². The minimum Gasteiger partial charge on any atom is -0.358 e. The zero-order valence-electron chi connectivity index (χ0n) is 15.1. The standard InChI is InChI=1S/C19H21ClN4O3/c1-21-17(25)11-24(2)12-18(26)23-16-6-4-3-5-15(16)19(27)22-14-9-7-13(20)8-10-14/h3-10H,11-12H2,1-2H3,(H,21,25)(H,22,27)(H,23,26). The van der Waals surface area contributed by atoms with Crippen molar-refractivity contribution in [3.8, 4) is 0 Å². The quantitative estimate of drug-likeness (QED) is 0.678. The monoisotopic (exact) mass is 388 g/mol. The predicted octanol–water partition coefficient (Wildman–Crippen LogP) is 2.21. The van der Waals surface area contributed by atoms with E-state index >= 15 is 0 Å². The number of anilines is 2. The molecule has 0 aliphatic heterocycles. The van der Waals surface area contributed by atoms with Crippen LogP contribution in [0.1, 0.15) is 10.4 Å². The summed E-state index contributed by atoms with van der Waals surface area (Å²) in [5, 5.41) is 8.54. The van der Waals surface area contributed by atoms with Crippen LogP contribution in [0.2, 0.25) is 5.02 Å². The summed E-state index contributed by atoms with van der Waals surface area (Å²) in [7, 11) is 3.19. The van der Waals surface area contributed by atoms with Crippen LogP contribution in [0.3, 0.4) is 0 Å². The maximum Gasteiger partial charge on any atom is 0.257 e. The normalized spacial score (nSPS) is 10.4. The van der Waals surface area contributed by atoms with E-state index in [0.29, 0.717) is 22.0 Å². The van der Waals surface area contributed by atoms with Crippen molar-refractivity contribution < 1.29 is 14.4 Å². The highest BCUT2D eigenvalue weighted by atomic mass is 35.5. The molecule has 0 heterocycles. The van der Waals surface area contributed by atoms with Crippen LogP contribution in [0.5, 0.6) is 0 Å². The predicted molar refractivity (Wildman–Crippen MR) is 106 cm³/mol. The molecule has 3 amide bonds. The molecule has 0 spiro atoms. The molecule has 27 heavy (non-hydrogen) atoms. The first-order chi connectivity index (χ1) is 12.9. The molecule has 0 radical (unpaired) electrons. The van der Waals surface area contributed by atoms with E-state index in [-0.39, 0.29) is 30.8 Å². The fourth-order valence-electron chi connectivity index (χ4n) is 2.34. The third-order valence-corrected chi connectivity index (χ3v) is 3.91. The fraction of sp³-hybridized carbons (Fsp3) is 0.211. The minimum absolute atomic E-state index is 0.0144. The molecule has 0 unspecified atom stereocenters. The summed E-state index contributed by atoms with van der Waals surface area (Å²) in [5.41, 5.74) is 1.31. The second-order valence-corrected chi connectivity index (χ2v) is 6.34. The Labute approximate surface area is 162 Å². The van der Waals surface area contributed by atoms with Gasteiger partial charge in [0, 0.05) is 17.8 Å². The zero-order chi connectivity index (χ0) is 19.8. The lowest BCUT2D eigenvalue weighted by Gasteiger charge is -2.16. The molecule has 8 heteroatoms. The van der Waals surface area contributed by atoms with Crippen molar-refractivity contribution in [1.82, 2.24) is 10.2 Å². The Morgan fingerprint density at radius 3 is 2.22 bits per heavy atom. The van der Waals surface area contributed by atoms with Crippen molar-refractivity contribution in [2.75, 3.05) is 37.8 Å². The lowest BCUT2D eigenvalue weighted by atomic mass is 10.1. The van der Waals surface area contributed by atoms with Gasteiger partial charge in [-0.25, -0.2) is 0 Å². The van der Waals surface area contributed by atoms with Crippen molar-refractivity contribution in [3.05, 3.63) is 59.1 Å². The third-order valence-electron chi connectivity index (χ3n) is 3.65. The molecule has 142 valence electrons. The van der Waals surface area contributed by atoms with E-state index in [4.69, 9.17) is 11.6 Å². The molecule has 2 aromatic rings. The lowest BCUT2D eigenvalue weighted by Crippen LogP contribution is -2.37. The number of hydrogen-bond acceptors (Lipinski definition) is 4. The zero-order valence-corrected chi connectivity index (χ0v) is 15.8. The average molecular weight is 389 g/mol. The molecule has 0 aliphatic carbocycles. The number of nitrogens with zero attached hydrogens (tertiary/aromatic N) is 1. The molecular weight excluding hydrogens is 368 g/mol. The Morgan fingerprint density at radius 2 is 1.56 bits per heavy atom. The largest absolute Gasteiger partial charge is 0.358 e. The first kappa shape index (κ1) is 20.4. The number of carbonyl (C=O) groups excluding carboxylic acids is 3. The molecule has 0 aliphatic rings. The van der Waals surface area contributed by atoms with Crippen molar-refractivity contribution >= 4 is 40.7 Å². The van der Waals surface area contributed by atoms with E-state index in [0.717, 1.165) is 0 Å². The summed E-state index contributed by atoms with van der Waals surface area (Å²) in [6.45, 7) is 0.114. The van der Waals surface area contributed by atoms with Gasteiger partial charge in [0.05, 0.1) is 24.3 Å². The summed E-state index contributed by atoms with van der Waals surface area (Å²) in [6, 6.07) is 13.4. The SMILES string of the molecule is CNC(=O)CN(C)CC(=O)Nc1ccccc1C(=O)Nc1ccc(Cl)cc1. The van der Waals surface area contributed by atoms with Crippen LogP contribution in [0, 0.1) is 0 Å². The number of benzene rings is 2. The Balaban J connectivity index is 2.04. The molecule has 2 rings (SSSR count). The maximum atomic E-state index is 12.5. The van der Waals surface area contributed by atoms with Crippen LogP contribution >= 0.6 is 11.6 Å². The van der Waals surface area contributed by atoms with Crippen molar-refractivity contribution in [3.63, 3.8) is 0 Å². The molecule has 3 N–H and O–H groups in total. The van der Waals surface area contributed by atoms with Gasteiger partial charge in [0.1, 0.15) is 0 Å². The number of nitrogens with one attached hydrogen (secondary N) is 3. The minimum atomic E-state index is -0.355. The Bertz CT molecular complexity index is 824. The molecule has 0 bridgehead atoms. The summed E-state index contributed by atoms with van der Waals surface area (Å²) in [5.74, 6) is -0.867. The van der Waals surface area contributed by atoms with Crippen molar-refractivity contribution in [1.29, 1.82) is 0 Å². The van der Waals surface area contributed by atoms with Gasteiger partial charge >= 0.3 is 0 Å². The van der Waals surface area contributed by atoms with Crippen LogP contribution < -0.4 is 16.0 Å². The van der Waals surface area contributed by atoms with E-state index in [1.165, 1.54) is 7.05 Å². The molecule has 0 saturated carbocycles. The summed E-state index contributed by atoms with van der Waals surface area (Å²) in [6.07, 6.45) is 0. The number of halogens is 1. The van der Waals surface area contributed by atoms with Gasteiger partial charge in [-0.3, -0.25) is 19.3 Å². The molecule has 7 nitrogen and oxygen atoms in total. The molecule has 0 atom stereocenters. The molecule has 0 saturated heterocycles. The van der Waals surface area contributed by atoms with Gasteiger partial charge in [-0.2, -0.15) is 0 Å². The van der Waals surface area contributed by atoms with Gasteiger partial charge in [0.25, 0.3) is 5.91 Å². The number of hydrogen-bond donors (Lipinski definition) is 3. The Kier molecular flexibility index (Phi) is 7.34. The van der Waals surface area contributed by atoms with Crippen LogP contribution in [-0.2, 0) is 9.59 Å². The first-order valence-corrected chi connectivity index (χ1v) is 8.61. The van der Waals surface area contributed by atoms with Crippen molar-refractivity contribution in [2.24, 2.45) is 0 Å². The van der Waals surface area contributed by atoms with Gasteiger partial charge in [-0.05, 0) is 43.4 Å². The third kappa shape index (κ3) is 6.40. The van der Waals surface area contributed by atoms with Gasteiger partial charge in [-0.15, -0.1) is 0 Å². The second-order valence-electron chi connectivity index (χ2n) is 5.90. The topological polar surface area (TPSA) is 90.5 Å². The highest BCUT2D eigenvalue weighted by Gasteiger charge is 2.15. The Hall–Kier alpha value is -2.90. The van der Waals surface area contributed by atoms with E-state index in [1.807, 2.05) is 0 Å². The number of carbonyl (C=O) groups is 3. The van der Waals surface area contributed by atoms with E-state index in [1.54, 1.807) is 60.5 Å². The van der Waals surface area contributed by atoms with E-state index < -0.39 is 0 Å². The maximum absolute atomic E-state index is 12.5. The lowest BCUT2D eigenvalue weighted by molar-refractivity contribution is -0.122. The summed E-state index contributed by atoms with van der Waals surface area (Å²) in [4.78, 5) is 37.7. The summed E-state index contributed by atoms with van der Waals surface area (Å²) >= 11 is 5.84. The van der Waals surface area contributed by atoms with Gasteiger partial charge in [0.15, 0.2) is 0 Å². The van der Waals surface area contributed by atoms with Crippen LogP contribution in [0.25, 0.3) is 0 Å². The van der Waals surface area contributed by atoms with Crippen molar-refractivity contribution in [2.45, 2.75) is 0 Å². The highest BCUT2D eigenvalue weighted by molar-refractivity contribution is 6.30. The first-order valence-electron chi connectivity index (χ1n) is 8.24. The smallest absolute Gasteiger partial charge is 0.257 e. The van der Waals surface area contributed by atoms with Crippen LogP contribution in [0.4, 0.5) is 11.4 Å². The molecule has 0 fully saturated rings. The number of para-hydroxylation sites is 1. The molecule has 2 aromatic carbocycles. The van der Waals surface area contributed by atoms with Crippen LogP contribution in [-0.4, -0.2) is 49.8 Å².